The van der Waals surface area contributed by atoms with Gasteiger partial charge in [-0.05, 0) is 55.9 Å². The number of ether oxygens (including phenoxy) is 2. The van der Waals surface area contributed by atoms with E-state index >= 15 is 0 Å². The number of hydrogen-bond donors (Lipinski definition) is 1. The van der Waals surface area contributed by atoms with Crippen LogP contribution in [0.1, 0.15) is 56.3 Å². The summed E-state index contributed by atoms with van der Waals surface area (Å²) >= 11 is 1.50. The van der Waals surface area contributed by atoms with E-state index in [1.54, 1.807) is 24.3 Å². The Bertz CT molecular complexity index is 921. The van der Waals surface area contributed by atoms with Crippen molar-refractivity contribution in [2.24, 2.45) is 5.92 Å². The van der Waals surface area contributed by atoms with Gasteiger partial charge in [0.1, 0.15) is 12.4 Å². The van der Waals surface area contributed by atoms with Gasteiger partial charge in [0.25, 0.3) is 0 Å². The third-order valence-corrected chi connectivity index (χ3v) is 7.63. The van der Waals surface area contributed by atoms with Gasteiger partial charge in [0, 0.05) is 37.4 Å². The Labute approximate surface area is 206 Å². The predicted octanol–water partition coefficient (Wildman–Crippen LogP) is 3.82. The van der Waals surface area contributed by atoms with Gasteiger partial charge in [0.2, 0.25) is 5.95 Å². The van der Waals surface area contributed by atoms with Gasteiger partial charge in [-0.25, -0.2) is 0 Å². The van der Waals surface area contributed by atoms with Crippen molar-refractivity contribution in [1.29, 1.82) is 0 Å². The largest absolute Gasteiger partial charge is 0.491 e. The van der Waals surface area contributed by atoms with Crippen LogP contribution in [0.25, 0.3) is 0 Å². The van der Waals surface area contributed by atoms with Gasteiger partial charge in [-0.1, -0.05) is 25.6 Å². The number of nitrogens with zero attached hydrogens (tertiary/aromatic N) is 4. The zero-order valence-corrected chi connectivity index (χ0v) is 21.0. The Morgan fingerprint density at radius 3 is 2.68 bits per heavy atom. The zero-order valence-electron chi connectivity index (χ0n) is 20.2. The third kappa shape index (κ3) is 6.52. The van der Waals surface area contributed by atoms with Crippen LogP contribution in [0.4, 0.5) is 5.95 Å². The molecule has 186 valence electrons. The van der Waals surface area contributed by atoms with Crippen LogP contribution in [0, 0.1) is 5.92 Å². The number of ketones is 1. The van der Waals surface area contributed by atoms with Gasteiger partial charge >= 0.3 is 0 Å². The fraction of sp³-hybridized carbons (Fsp3) is 0.640. The number of hydrogen-bond acceptors (Lipinski definition) is 8. The molecule has 0 aliphatic carbocycles. The lowest BCUT2D eigenvalue weighted by Gasteiger charge is -2.31. The molecule has 2 aliphatic rings. The van der Waals surface area contributed by atoms with Crippen LogP contribution in [0.3, 0.4) is 0 Å². The summed E-state index contributed by atoms with van der Waals surface area (Å²) in [6.07, 6.45) is 4.49. The number of rotatable bonds is 11. The third-order valence-electron chi connectivity index (χ3n) is 6.52. The Morgan fingerprint density at radius 2 is 2.00 bits per heavy atom. The first-order valence-electron chi connectivity index (χ1n) is 12.4. The minimum Gasteiger partial charge on any atom is -0.491 e. The van der Waals surface area contributed by atoms with E-state index in [1.807, 2.05) is 6.92 Å². The van der Waals surface area contributed by atoms with Crippen LogP contribution in [0.5, 0.6) is 5.75 Å². The van der Waals surface area contributed by atoms with E-state index in [9.17, 15) is 9.90 Å². The Kier molecular flexibility index (Phi) is 8.86. The summed E-state index contributed by atoms with van der Waals surface area (Å²) in [6.45, 7) is 7.87. The highest BCUT2D eigenvalue weighted by atomic mass is 32.2. The molecule has 9 heteroatoms. The molecule has 0 amide bonds. The van der Waals surface area contributed by atoms with Crippen LogP contribution < -0.4 is 9.64 Å². The molecule has 2 unspecified atom stereocenters. The lowest BCUT2D eigenvalue weighted by molar-refractivity contribution is 0.0950. The fourth-order valence-corrected chi connectivity index (χ4v) is 5.18. The number of aromatic nitrogens is 3. The molecule has 4 rings (SSSR count). The number of Topliss-reactive ketones (excluding diaryl/α,β-unsaturated/α-hetero) is 1. The molecule has 2 aliphatic heterocycles. The van der Waals surface area contributed by atoms with Crippen molar-refractivity contribution in [2.45, 2.75) is 69.9 Å². The van der Waals surface area contributed by atoms with Gasteiger partial charge < -0.3 is 19.5 Å². The van der Waals surface area contributed by atoms with Crippen LogP contribution in [0.2, 0.25) is 0 Å². The number of piperidine rings is 1. The molecule has 2 atom stereocenters. The summed E-state index contributed by atoms with van der Waals surface area (Å²) in [5.74, 6) is 2.86. The maximum absolute atomic E-state index is 11.8. The summed E-state index contributed by atoms with van der Waals surface area (Å²) in [6, 6.07) is 7.07. The molecule has 3 heterocycles. The highest BCUT2D eigenvalue weighted by Crippen LogP contribution is 2.28. The summed E-state index contributed by atoms with van der Waals surface area (Å²) in [4.78, 5) is 14.1. The van der Waals surface area contributed by atoms with E-state index in [0.29, 0.717) is 23.5 Å². The molecule has 8 nitrogen and oxygen atoms in total. The number of carbonyl (C=O) groups excluding carboxylic acids is 1. The second kappa shape index (κ2) is 12.0. The van der Waals surface area contributed by atoms with Crippen molar-refractivity contribution < 1.29 is 19.4 Å². The van der Waals surface area contributed by atoms with E-state index in [2.05, 4.69) is 26.6 Å². The van der Waals surface area contributed by atoms with Crippen LogP contribution in [0.15, 0.2) is 29.4 Å². The minimum atomic E-state index is -0.658. The number of thioether (sulfide) groups is 1. The second-order valence-electron chi connectivity index (χ2n) is 9.27. The standard InChI is InChI=1S/C25H36N4O4S/c1-3-23(31)19-6-8-21(9-7-19)33-16-20(30)17-34-25-27-26-24(28-12-10-18(2)11-13-28)29(25)15-22-5-4-14-32-22/h6-9,18,20,22,30H,3-5,10-17H2,1-2H3. The van der Waals surface area contributed by atoms with E-state index in [0.717, 1.165) is 56.1 Å². The Hall–Kier alpha value is -2.10. The van der Waals surface area contributed by atoms with E-state index in [1.165, 1.54) is 24.6 Å². The monoisotopic (exact) mass is 488 g/mol. The molecule has 0 saturated carbocycles. The predicted molar refractivity (Wildman–Crippen MR) is 133 cm³/mol. The smallest absolute Gasteiger partial charge is 0.228 e. The molecular weight excluding hydrogens is 452 g/mol. The number of anilines is 1. The Balaban J connectivity index is 1.34. The summed E-state index contributed by atoms with van der Waals surface area (Å²) in [7, 11) is 0. The number of aliphatic hydroxyl groups excluding tert-OH is 1. The minimum absolute atomic E-state index is 0.105. The highest BCUT2D eigenvalue weighted by Gasteiger charge is 2.26. The zero-order chi connectivity index (χ0) is 23.9. The molecule has 34 heavy (non-hydrogen) atoms. The van der Waals surface area contributed by atoms with Crippen molar-refractivity contribution in [3.8, 4) is 5.75 Å². The van der Waals surface area contributed by atoms with Crippen molar-refractivity contribution >= 4 is 23.5 Å². The van der Waals surface area contributed by atoms with Crippen LogP contribution >= 0.6 is 11.8 Å². The number of aliphatic hydroxyl groups is 1. The molecule has 2 aromatic rings. The van der Waals surface area contributed by atoms with Crippen LogP contribution in [-0.2, 0) is 11.3 Å². The van der Waals surface area contributed by atoms with E-state index in [4.69, 9.17) is 9.47 Å². The summed E-state index contributed by atoms with van der Waals surface area (Å²) in [5.41, 5.74) is 0.676. The first-order chi connectivity index (χ1) is 16.5. The molecule has 2 saturated heterocycles. The van der Waals surface area contributed by atoms with Crippen molar-refractivity contribution in [1.82, 2.24) is 14.8 Å². The molecular formula is C25H36N4O4S. The lowest BCUT2D eigenvalue weighted by atomic mass is 10.00. The molecule has 2 fully saturated rings. The molecule has 0 spiro atoms. The molecule has 1 aromatic carbocycles. The fourth-order valence-electron chi connectivity index (χ4n) is 4.33. The van der Waals surface area contributed by atoms with Crippen molar-refractivity contribution in [2.75, 3.05) is 37.0 Å². The quantitative estimate of drug-likeness (QED) is 0.377. The topological polar surface area (TPSA) is 89.7 Å². The van der Waals surface area contributed by atoms with Crippen molar-refractivity contribution in [3.05, 3.63) is 29.8 Å². The SMILES string of the molecule is CCC(=O)c1ccc(OCC(O)CSc2nnc(N3CCC(C)CC3)n2CC2CCCO2)cc1. The van der Waals surface area contributed by atoms with Gasteiger partial charge in [-0.3, -0.25) is 9.36 Å². The number of carbonyl (C=O) groups is 1. The van der Waals surface area contributed by atoms with E-state index < -0.39 is 6.10 Å². The maximum Gasteiger partial charge on any atom is 0.228 e. The van der Waals surface area contributed by atoms with Gasteiger partial charge in [0.05, 0.1) is 18.8 Å². The number of benzene rings is 1. The first-order valence-corrected chi connectivity index (χ1v) is 13.4. The Morgan fingerprint density at radius 1 is 1.24 bits per heavy atom. The summed E-state index contributed by atoms with van der Waals surface area (Å²) < 4.78 is 13.8. The van der Waals surface area contributed by atoms with Gasteiger partial charge in [-0.15, -0.1) is 10.2 Å². The average molecular weight is 489 g/mol. The van der Waals surface area contributed by atoms with Gasteiger partial charge in [-0.2, -0.15) is 0 Å². The molecule has 0 radical (unpaired) electrons. The first kappa shape index (κ1) is 25.0. The summed E-state index contributed by atoms with van der Waals surface area (Å²) in [5, 5.41) is 20.3. The molecule has 1 aromatic heterocycles. The average Bonchev–Trinajstić information content (AvgIpc) is 3.52. The molecule has 0 bridgehead atoms. The normalized spacial score (nSPS) is 20.0. The van der Waals surface area contributed by atoms with Crippen molar-refractivity contribution in [3.63, 3.8) is 0 Å². The van der Waals surface area contributed by atoms with E-state index in [-0.39, 0.29) is 18.5 Å². The molecule has 1 N–H and O–H groups in total. The lowest BCUT2D eigenvalue weighted by Crippen LogP contribution is -2.35. The second-order valence-corrected chi connectivity index (χ2v) is 10.3. The van der Waals surface area contributed by atoms with Gasteiger partial charge in [0.15, 0.2) is 10.9 Å². The highest BCUT2D eigenvalue weighted by molar-refractivity contribution is 7.99. The maximum atomic E-state index is 11.8. The van der Waals surface area contributed by atoms with Crippen LogP contribution in [-0.4, -0.2) is 69.9 Å².